The maximum Gasteiger partial charge on any atom is 0.333 e. The number of nitrogens with two attached hydrogens (primary N) is 2. The van der Waals surface area contributed by atoms with Gasteiger partial charge in [-0.3, -0.25) is 0 Å². The quantitative estimate of drug-likeness (QED) is 0.636. The molecule has 16 heavy (non-hydrogen) atoms. The van der Waals surface area contributed by atoms with Crippen LogP contribution >= 0.6 is 0 Å². The van der Waals surface area contributed by atoms with Crippen LogP contribution in [0.15, 0.2) is 30.3 Å². The molecule has 0 bridgehead atoms. The molecule has 1 rings (SSSR count). The first kappa shape index (κ1) is 11.8. The smallest absolute Gasteiger partial charge is 0.333 e. The highest BCUT2D eigenvalue weighted by molar-refractivity contribution is 5.78. The molecule has 0 fully saturated rings. The van der Waals surface area contributed by atoms with Crippen LogP contribution in [0.25, 0.3) is 0 Å². The molecule has 5 N–H and O–H groups in total. The van der Waals surface area contributed by atoms with Gasteiger partial charge in [0.05, 0.1) is 0 Å². The Kier molecular flexibility index (Phi) is 4.14. The van der Waals surface area contributed by atoms with E-state index in [-0.39, 0.29) is 6.54 Å². The van der Waals surface area contributed by atoms with Gasteiger partial charge in [0.2, 0.25) is 0 Å². The maximum atomic E-state index is 10.9. The number of hydrogen-bond acceptors (Lipinski definition) is 2. The summed E-state index contributed by atoms with van der Waals surface area (Å²) in [6.07, 6.45) is 0.587. The number of amides is 4. The number of urea groups is 2. The van der Waals surface area contributed by atoms with Gasteiger partial charge in [0.15, 0.2) is 0 Å². The third-order valence-electron chi connectivity index (χ3n) is 1.98. The average Bonchev–Trinajstić information content (AvgIpc) is 2.25. The molecule has 1 aromatic carbocycles. The Morgan fingerprint density at radius 3 is 2.31 bits per heavy atom. The zero-order chi connectivity index (χ0) is 12.0. The van der Waals surface area contributed by atoms with Crippen LogP contribution in [0.4, 0.5) is 9.59 Å². The van der Waals surface area contributed by atoms with Crippen molar-refractivity contribution < 1.29 is 9.59 Å². The largest absolute Gasteiger partial charge is 0.350 e. The van der Waals surface area contributed by atoms with E-state index >= 15 is 0 Å². The van der Waals surface area contributed by atoms with Gasteiger partial charge in [-0.15, -0.1) is 0 Å². The Bertz CT molecular complexity index is 366. The number of primary amides is 2. The highest BCUT2D eigenvalue weighted by Crippen LogP contribution is 2.00. The first-order chi connectivity index (χ1) is 7.59. The number of hydrazine groups is 1. The monoisotopic (exact) mass is 222 g/mol. The Morgan fingerprint density at radius 1 is 1.19 bits per heavy atom. The van der Waals surface area contributed by atoms with Gasteiger partial charge in [-0.1, -0.05) is 30.3 Å². The van der Waals surface area contributed by atoms with Gasteiger partial charge in [0.25, 0.3) is 0 Å². The molecule has 86 valence electrons. The van der Waals surface area contributed by atoms with E-state index in [4.69, 9.17) is 11.5 Å². The van der Waals surface area contributed by atoms with Crippen LogP contribution in [-0.4, -0.2) is 23.6 Å². The van der Waals surface area contributed by atoms with Crippen molar-refractivity contribution in [2.75, 3.05) is 6.54 Å². The topological polar surface area (TPSA) is 101 Å². The lowest BCUT2D eigenvalue weighted by molar-refractivity contribution is 0.178. The minimum Gasteiger partial charge on any atom is -0.350 e. The molecular formula is C10H14N4O2. The number of rotatable bonds is 3. The Hall–Kier alpha value is -2.24. The van der Waals surface area contributed by atoms with Crippen molar-refractivity contribution in [3.8, 4) is 0 Å². The van der Waals surface area contributed by atoms with Crippen molar-refractivity contribution in [3.63, 3.8) is 0 Å². The standard InChI is InChI=1S/C10H14N4O2/c11-9(15)13-14(10(12)16)7-6-8-4-2-1-3-5-8/h1-5H,6-7H2,(H2,12,16)(H3,11,13,15). The van der Waals surface area contributed by atoms with Gasteiger partial charge in [-0.05, 0) is 12.0 Å². The molecule has 4 amide bonds. The Balaban J connectivity index is 2.50. The molecule has 1 aromatic rings. The second-order valence-corrected chi connectivity index (χ2v) is 3.20. The fraction of sp³-hybridized carbons (Fsp3) is 0.200. The second-order valence-electron chi connectivity index (χ2n) is 3.20. The zero-order valence-corrected chi connectivity index (χ0v) is 8.72. The summed E-state index contributed by atoms with van der Waals surface area (Å²) in [5.41, 5.74) is 13.2. The van der Waals surface area contributed by atoms with Crippen molar-refractivity contribution >= 4 is 12.1 Å². The van der Waals surface area contributed by atoms with Crippen molar-refractivity contribution in [2.45, 2.75) is 6.42 Å². The molecule has 0 unspecified atom stereocenters. The summed E-state index contributed by atoms with van der Waals surface area (Å²) >= 11 is 0. The highest BCUT2D eigenvalue weighted by atomic mass is 16.2. The van der Waals surface area contributed by atoms with E-state index in [2.05, 4.69) is 5.43 Å². The summed E-state index contributed by atoms with van der Waals surface area (Å²) in [5, 5.41) is 0.981. The number of nitrogens with zero attached hydrogens (tertiary/aromatic N) is 1. The summed E-state index contributed by atoms with van der Waals surface area (Å²) in [4.78, 5) is 21.5. The van der Waals surface area contributed by atoms with Crippen LogP contribution in [0.2, 0.25) is 0 Å². The number of carbonyl (C=O) groups is 2. The van der Waals surface area contributed by atoms with Crippen molar-refractivity contribution in [1.29, 1.82) is 0 Å². The minimum atomic E-state index is -0.813. The first-order valence-electron chi connectivity index (χ1n) is 4.76. The molecule has 0 aliphatic rings. The van der Waals surface area contributed by atoms with Crippen molar-refractivity contribution in [1.82, 2.24) is 10.4 Å². The van der Waals surface area contributed by atoms with E-state index in [1.165, 1.54) is 0 Å². The lowest BCUT2D eigenvalue weighted by Gasteiger charge is -2.19. The maximum absolute atomic E-state index is 10.9. The molecule has 0 aliphatic carbocycles. The van der Waals surface area contributed by atoms with E-state index in [1.54, 1.807) is 0 Å². The van der Waals surface area contributed by atoms with Gasteiger partial charge in [-0.2, -0.15) is 0 Å². The van der Waals surface area contributed by atoms with Crippen molar-refractivity contribution in [3.05, 3.63) is 35.9 Å². The third-order valence-corrected chi connectivity index (χ3v) is 1.98. The van der Waals surface area contributed by atoms with Crippen LogP contribution in [0.3, 0.4) is 0 Å². The van der Waals surface area contributed by atoms with Gasteiger partial charge in [-0.25, -0.2) is 20.0 Å². The summed E-state index contributed by atoms with van der Waals surface area (Å²) in [6, 6.07) is 7.97. The molecule has 0 aromatic heterocycles. The zero-order valence-electron chi connectivity index (χ0n) is 8.72. The average molecular weight is 222 g/mol. The summed E-state index contributed by atoms with van der Waals surface area (Å²) < 4.78 is 0. The van der Waals surface area contributed by atoms with Crippen LogP contribution in [0.5, 0.6) is 0 Å². The van der Waals surface area contributed by atoms with E-state index in [0.29, 0.717) is 6.42 Å². The normalized spacial score (nSPS) is 9.50. The van der Waals surface area contributed by atoms with E-state index in [0.717, 1.165) is 10.6 Å². The van der Waals surface area contributed by atoms with Gasteiger partial charge in [0, 0.05) is 6.54 Å². The minimum absolute atomic E-state index is 0.280. The molecule has 0 atom stereocenters. The second kappa shape index (κ2) is 5.59. The molecular weight excluding hydrogens is 208 g/mol. The predicted octanol–water partition coefficient (Wildman–Crippen LogP) is 0.193. The SMILES string of the molecule is NC(=O)NN(CCc1ccccc1)C(N)=O. The summed E-state index contributed by atoms with van der Waals surface area (Å²) in [7, 11) is 0. The van der Waals surface area contributed by atoms with Crippen molar-refractivity contribution in [2.24, 2.45) is 11.5 Å². The third kappa shape index (κ3) is 3.87. The van der Waals surface area contributed by atoms with Crippen LogP contribution in [-0.2, 0) is 6.42 Å². The number of benzene rings is 1. The molecule has 0 aliphatic heterocycles. The molecule has 6 heteroatoms. The number of carbonyl (C=O) groups excluding carboxylic acids is 2. The van der Waals surface area contributed by atoms with Crippen LogP contribution in [0.1, 0.15) is 5.56 Å². The summed E-state index contributed by atoms with van der Waals surface area (Å²) in [6.45, 7) is 0.280. The van der Waals surface area contributed by atoms with E-state index in [9.17, 15) is 9.59 Å². The van der Waals surface area contributed by atoms with E-state index < -0.39 is 12.1 Å². The fourth-order valence-electron chi connectivity index (χ4n) is 1.24. The molecule has 0 radical (unpaired) electrons. The molecule has 0 saturated carbocycles. The Labute approximate surface area is 93.2 Å². The van der Waals surface area contributed by atoms with Gasteiger partial charge < -0.3 is 11.5 Å². The molecule has 0 spiro atoms. The first-order valence-corrected chi connectivity index (χ1v) is 4.76. The predicted molar refractivity (Wildman–Crippen MR) is 59.2 cm³/mol. The highest BCUT2D eigenvalue weighted by Gasteiger charge is 2.10. The van der Waals surface area contributed by atoms with Crippen LogP contribution < -0.4 is 16.9 Å². The van der Waals surface area contributed by atoms with E-state index in [1.807, 2.05) is 30.3 Å². The van der Waals surface area contributed by atoms with Gasteiger partial charge in [0.1, 0.15) is 0 Å². The van der Waals surface area contributed by atoms with Crippen LogP contribution in [0, 0.1) is 0 Å². The lowest BCUT2D eigenvalue weighted by atomic mass is 10.1. The lowest BCUT2D eigenvalue weighted by Crippen LogP contribution is -2.51. The number of hydrogen-bond donors (Lipinski definition) is 3. The molecule has 0 heterocycles. The van der Waals surface area contributed by atoms with Gasteiger partial charge >= 0.3 is 12.1 Å². The molecule has 0 saturated heterocycles. The fourth-order valence-corrected chi connectivity index (χ4v) is 1.24. The summed E-state index contributed by atoms with van der Waals surface area (Å²) in [5.74, 6) is 0. The number of nitrogens with one attached hydrogen (secondary N) is 1. The molecule has 6 nitrogen and oxygen atoms in total. The Morgan fingerprint density at radius 2 is 1.81 bits per heavy atom.